The second-order valence-electron chi connectivity index (χ2n) is 4.05. The van der Waals surface area contributed by atoms with Crippen LogP contribution in [0, 0.1) is 13.0 Å². The van der Waals surface area contributed by atoms with Crippen molar-refractivity contribution in [2.24, 2.45) is 0 Å². The van der Waals surface area contributed by atoms with Gasteiger partial charge in [0, 0.05) is 19.3 Å². The molecule has 0 N–H and O–H groups in total. The van der Waals surface area contributed by atoms with Gasteiger partial charge < -0.3 is 21.9 Å². The molecule has 2 aromatic carbocycles. The molecule has 2 aromatic rings. The normalized spacial score (nSPS) is 9.00. The van der Waals surface area contributed by atoms with Crippen LogP contribution in [-0.2, 0) is 6.54 Å². The van der Waals surface area contributed by atoms with Crippen LogP contribution in [0.2, 0.25) is 0 Å². The second kappa shape index (κ2) is 8.56. The fourth-order valence-corrected chi connectivity index (χ4v) is 1.77. The summed E-state index contributed by atoms with van der Waals surface area (Å²) in [6.45, 7) is 2.97. The van der Waals surface area contributed by atoms with Crippen molar-refractivity contribution in [3.63, 3.8) is 0 Å². The number of hydrogen-bond donors (Lipinski definition) is 0. The third-order valence-corrected chi connectivity index (χ3v) is 2.61. The first-order valence-electron chi connectivity index (χ1n) is 5.50. The van der Waals surface area contributed by atoms with Gasteiger partial charge in [-0.15, -0.1) is 5.56 Å². The first-order valence-corrected chi connectivity index (χ1v) is 5.50. The summed E-state index contributed by atoms with van der Waals surface area (Å²) in [6.07, 6.45) is 0. The Labute approximate surface area is 136 Å². The number of benzene rings is 2. The van der Waals surface area contributed by atoms with Gasteiger partial charge in [-0.2, -0.15) is 29.8 Å². The van der Waals surface area contributed by atoms with E-state index in [1.54, 1.807) is 0 Å². The van der Waals surface area contributed by atoms with Crippen LogP contribution in [0.25, 0.3) is 0 Å². The van der Waals surface area contributed by atoms with Crippen LogP contribution in [0.3, 0.4) is 0 Å². The molecule has 0 saturated heterocycles. The predicted molar refractivity (Wildman–Crippen MR) is 74.3 cm³/mol. The van der Waals surface area contributed by atoms with Crippen molar-refractivity contribution in [2.75, 3.05) is 11.9 Å². The number of nitrogens with zero attached hydrogens (tertiary/aromatic N) is 1. The molecule has 0 fully saturated rings. The molecular formula is C15H16BrMgN. The van der Waals surface area contributed by atoms with Crippen LogP contribution >= 0.6 is 0 Å². The predicted octanol–water partition coefficient (Wildman–Crippen LogP) is 0.0548. The fraction of sp³-hybridized carbons (Fsp3) is 0.200. The van der Waals surface area contributed by atoms with Gasteiger partial charge >= 0.3 is 23.1 Å². The number of halogens is 1. The van der Waals surface area contributed by atoms with E-state index in [1.807, 2.05) is 6.07 Å². The van der Waals surface area contributed by atoms with Gasteiger partial charge in [0.15, 0.2) is 0 Å². The zero-order chi connectivity index (χ0) is 11.4. The molecule has 0 radical (unpaired) electrons. The summed E-state index contributed by atoms with van der Waals surface area (Å²) in [5.74, 6) is 0. The van der Waals surface area contributed by atoms with Crippen LogP contribution in [0.5, 0.6) is 0 Å². The van der Waals surface area contributed by atoms with Crippen molar-refractivity contribution in [3.8, 4) is 0 Å². The van der Waals surface area contributed by atoms with E-state index in [-0.39, 0.29) is 40.0 Å². The van der Waals surface area contributed by atoms with Gasteiger partial charge in [-0.1, -0.05) is 25.1 Å². The van der Waals surface area contributed by atoms with Crippen LogP contribution in [-0.4, -0.2) is 30.1 Å². The van der Waals surface area contributed by atoms with Crippen molar-refractivity contribution in [2.45, 2.75) is 13.5 Å². The Bertz CT molecular complexity index is 459. The van der Waals surface area contributed by atoms with E-state index >= 15 is 0 Å². The molecule has 0 heterocycles. The molecule has 0 aliphatic carbocycles. The Balaban J connectivity index is 0.00000144. The zero-order valence-corrected chi connectivity index (χ0v) is 13.9. The smallest absolute Gasteiger partial charge is 1.00 e. The monoisotopic (exact) mass is 313 g/mol. The summed E-state index contributed by atoms with van der Waals surface area (Å²) in [4.78, 5) is 2.23. The van der Waals surface area contributed by atoms with E-state index in [4.69, 9.17) is 0 Å². The molecule has 0 unspecified atom stereocenters. The molecule has 0 atom stereocenters. The van der Waals surface area contributed by atoms with Crippen molar-refractivity contribution >= 4 is 28.7 Å². The Morgan fingerprint density at radius 3 is 2.28 bits per heavy atom. The number of rotatable bonds is 3. The maximum atomic E-state index is 3.37. The van der Waals surface area contributed by atoms with Gasteiger partial charge in [-0.3, -0.25) is 0 Å². The molecule has 2 rings (SSSR count). The largest absolute Gasteiger partial charge is 2.00 e. The Kier molecular flexibility index (Phi) is 8.32. The van der Waals surface area contributed by atoms with Gasteiger partial charge in [0.25, 0.3) is 0 Å². The maximum absolute atomic E-state index is 3.37. The average Bonchev–Trinajstić information content (AvgIpc) is 2.30. The molecule has 0 spiro atoms. The van der Waals surface area contributed by atoms with Crippen LogP contribution < -0.4 is 21.9 Å². The molecule has 0 aromatic heterocycles. The summed E-state index contributed by atoms with van der Waals surface area (Å²) >= 11 is 0. The molecule has 0 bridgehead atoms. The molecule has 1 nitrogen and oxygen atoms in total. The summed E-state index contributed by atoms with van der Waals surface area (Å²) in [5, 5.41) is 0. The molecule has 0 aliphatic rings. The Hall–Kier alpha value is -0.514. The van der Waals surface area contributed by atoms with Gasteiger partial charge in [-0.25, -0.2) is 0 Å². The van der Waals surface area contributed by atoms with Crippen molar-refractivity contribution < 1.29 is 17.0 Å². The molecule has 0 amide bonds. The minimum atomic E-state index is 0. The van der Waals surface area contributed by atoms with E-state index in [2.05, 4.69) is 67.4 Å². The molecule has 3 heteroatoms. The van der Waals surface area contributed by atoms with E-state index in [0.717, 1.165) is 6.54 Å². The Morgan fingerprint density at radius 1 is 1.00 bits per heavy atom. The van der Waals surface area contributed by atoms with Crippen molar-refractivity contribution in [1.82, 2.24) is 0 Å². The van der Waals surface area contributed by atoms with Crippen LogP contribution in [0.4, 0.5) is 5.69 Å². The molecule has 90 valence electrons. The first kappa shape index (κ1) is 17.5. The SMILES string of the molecule is Cc1[c-]c(CN(C)c2ccccc2)ccc1.[Br-].[Mg+2]. The summed E-state index contributed by atoms with van der Waals surface area (Å²) in [6, 6.07) is 20.0. The molecule has 0 aliphatic heterocycles. The van der Waals surface area contributed by atoms with E-state index in [1.165, 1.54) is 16.8 Å². The number of hydrogen-bond acceptors (Lipinski definition) is 1. The summed E-state index contributed by atoms with van der Waals surface area (Å²) in [7, 11) is 2.10. The number of para-hydroxylation sites is 1. The standard InChI is InChI=1S/C15H16N.BrH.Mg/c1-13-7-6-8-14(11-13)12-16(2)15-9-4-3-5-10-15;;/h3-10H,12H2,1-2H3;1H;/q-1;;+2/p-1. The number of anilines is 1. The van der Waals surface area contributed by atoms with Crippen LogP contribution in [0.15, 0.2) is 48.5 Å². The fourth-order valence-electron chi connectivity index (χ4n) is 1.77. The van der Waals surface area contributed by atoms with Gasteiger partial charge in [0.1, 0.15) is 0 Å². The third-order valence-electron chi connectivity index (χ3n) is 2.61. The van der Waals surface area contributed by atoms with E-state index < -0.39 is 0 Å². The quantitative estimate of drug-likeness (QED) is 0.572. The minimum Gasteiger partial charge on any atom is -1.00 e. The van der Waals surface area contributed by atoms with Gasteiger partial charge in [-0.05, 0) is 12.1 Å². The average molecular weight is 315 g/mol. The van der Waals surface area contributed by atoms with Crippen molar-refractivity contribution in [1.29, 1.82) is 0 Å². The second-order valence-corrected chi connectivity index (χ2v) is 4.05. The Morgan fingerprint density at radius 2 is 1.67 bits per heavy atom. The first-order chi connectivity index (χ1) is 7.75. The molecule has 18 heavy (non-hydrogen) atoms. The van der Waals surface area contributed by atoms with E-state index in [0.29, 0.717) is 0 Å². The maximum Gasteiger partial charge on any atom is 2.00 e. The summed E-state index contributed by atoms with van der Waals surface area (Å²) < 4.78 is 0. The number of aryl methyl sites for hydroxylation is 1. The minimum absolute atomic E-state index is 0. The van der Waals surface area contributed by atoms with E-state index in [9.17, 15) is 0 Å². The van der Waals surface area contributed by atoms with Gasteiger partial charge in [0.05, 0.1) is 0 Å². The molecular weight excluding hydrogens is 298 g/mol. The van der Waals surface area contributed by atoms with Gasteiger partial charge in [0.2, 0.25) is 0 Å². The third kappa shape index (κ3) is 5.00. The topological polar surface area (TPSA) is 3.24 Å². The summed E-state index contributed by atoms with van der Waals surface area (Å²) in [5.41, 5.74) is 3.66. The van der Waals surface area contributed by atoms with Crippen LogP contribution in [0.1, 0.15) is 11.1 Å². The zero-order valence-electron chi connectivity index (χ0n) is 10.9. The van der Waals surface area contributed by atoms with Crippen molar-refractivity contribution in [3.05, 3.63) is 65.7 Å². The molecule has 0 saturated carbocycles.